The number of nitrogens with one attached hydrogen (secondary N) is 3. The Morgan fingerprint density at radius 1 is 1.37 bits per heavy atom. The summed E-state index contributed by atoms with van der Waals surface area (Å²) < 4.78 is 10.9. The van der Waals surface area contributed by atoms with Gasteiger partial charge in [-0.05, 0) is 30.9 Å². The number of ether oxygens (including phenoxy) is 2. The van der Waals surface area contributed by atoms with Crippen LogP contribution in [0.25, 0.3) is 10.2 Å². The van der Waals surface area contributed by atoms with Crippen molar-refractivity contribution in [2.45, 2.75) is 37.8 Å². The first-order chi connectivity index (χ1) is 18.3. The predicted octanol–water partition coefficient (Wildman–Crippen LogP) is 2.13. The van der Waals surface area contributed by atoms with Gasteiger partial charge in [-0.15, -0.1) is 11.3 Å². The normalized spacial score (nSPS) is 18.4. The van der Waals surface area contributed by atoms with Crippen LogP contribution in [0.2, 0.25) is 0 Å². The van der Waals surface area contributed by atoms with E-state index in [1.165, 1.54) is 27.9 Å². The first-order valence-electron chi connectivity index (χ1n) is 12.3. The molecule has 12 nitrogen and oxygen atoms in total. The molecular formula is C25H32N8O4S. The van der Waals surface area contributed by atoms with Gasteiger partial charge < -0.3 is 35.9 Å². The molecule has 13 heteroatoms. The van der Waals surface area contributed by atoms with Crippen LogP contribution in [0.5, 0.6) is 5.75 Å². The predicted molar refractivity (Wildman–Crippen MR) is 146 cm³/mol. The lowest BCUT2D eigenvalue weighted by molar-refractivity contribution is -0.121. The summed E-state index contributed by atoms with van der Waals surface area (Å²) in [6.45, 7) is 0.987. The van der Waals surface area contributed by atoms with Gasteiger partial charge in [0.05, 0.1) is 18.2 Å². The van der Waals surface area contributed by atoms with E-state index in [1.807, 2.05) is 4.90 Å². The zero-order valence-corrected chi connectivity index (χ0v) is 22.3. The monoisotopic (exact) mass is 540 g/mol. The molecule has 1 fully saturated rings. The van der Waals surface area contributed by atoms with E-state index in [9.17, 15) is 9.90 Å². The van der Waals surface area contributed by atoms with E-state index >= 15 is 0 Å². The Labute approximate surface area is 224 Å². The number of aromatic nitrogens is 2. The SMILES string of the molecule is COc1cc(N)c(C=N)cc1Nc1ncnc2sc3c(c12)CCC(NC(O)N1CC(OC(=O)N(C)C)C1)C3. The van der Waals surface area contributed by atoms with Crippen molar-refractivity contribution in [3.05, 3.63) is 34.5 Å². The summed E-state index contributed by atoms with van der Waals surface area (Å²) in [6, 6.07) is 3.57. The van der Waals surface area contributed by atoms with Crippen LogP contribution in [0.4, 0.5) is 22.0 Å². The molecule has 38 heavy (non-hydrogen) atoms. The molecule has 3 heterocycles. The molecule has 2 atom stereocenters. The molecule has 202 valence electrons. The Morgan fingerprint density at radius 3 is 2.87 bits per heavy atom. The van der Waals surface area contributed by atoms with E-state index in [-0.39, 0.29) is 18.2 Å². The number of rotatable bonds is 8. The Morgan fingerprint density at radius 2 is 2.16 bits per heavy atom. The van der Waals surface area contributed by atoms with Crippen LogP contribution < -0.4 is 21.1 Å². The van der Waals surface area contributed by atoms with Gasteiger partial charge in [0, 0.05) is 61.6 Å². The number of thiophene rings is 1. The van der Waals surface area contributed by atoms with Crippen molar-refractivity contribution in [1.82, 2.24) is 25.1 Å². The molecule has 2 aromatic heterocycles. The van der Waals surface area contributed by atoms with Crippen molar-refractivity contribution in [2.24, 2.45) is 0 Å². The Hall–Kier alpha value is -3.52. The van der Waals surface area contributed by atoms with Crippen molar-refractivity contribution >= 4 is 51.1 Å². The number of methoxy groups -OCH3 is 1. The van der Waals surface area contributed by atoms with Gasteiger partial charge in [0.1, 0.15) is 28.8 Å². The Kier molecular flexibility index (Phi) is 7.34. The summed E-state index contributed by atoms with van der Waals surface area (Å²) in [5, 5.41) is 26.0. The first kappa shape index (κ1) is 26.1. The number of hydrogen-bond acceptors (Lipinski definition) is 12. The highest BCUT2D eigenvalue weighted by molar-refractivity contribution is 7.19. The topological polar surface area (TPSA) is 162 Å². The van der Waals surface area contributed by atoms with E-state index < -0.39 is 6.35 Å². The fraction of sp³-hybridized carbons (Fsp3) is 0.440. The van der Waals surface area contributed by atoms with Crippen molar-refractivity contribution < 1.29 is 19.4 Å². The first-order valence-corrected chi connectivity index (χ1v) is 13.1. The zero-order valence-electron chi connectivity index (χ0n) is 21.5. The van der Waals surface area contributed by atoms with Gasteiger partial charge in [-0.25, -0.2) is 14.8 Å². The van der Waals surface area contributed by atoms with E-state index in [4.69, 9.17) is 20.6 Å². The molecule has 1 amide bonds. The lowest BCUT2D eigenvalue weighted by atomic mass is 9.93. The summed E-state index contributed by atoms with van der Waals surface area (Å²) in [5.41, 5.74) is 8.95. The third-order valence-corrected chi connectivity index (χ3v) is 8.06. The number of likely N-dealkylation sites (tertiary alicyclic amines) is 1. The van der Waals surface area contributed by atoms with Crippen LogP contribution >= 0.6 is 11.3 Å². The summed E-state index contributed by atoms with van der Waals surface area (Å²) >= 11 is 1.64. The highest BCUT2D eigenvalue weighted by atomic mass is 32.1. The van der Waals surface area contributed by atoms with E-state index in [0.29, 0.717) is 41.6 Å². The van der Waals surface area contributed by atoms with Crippen LogP contribution in [0.3, 0.4) is 0 Å². The minimum atomic E-state index is -0.803. The number of nitrogens with two attached hydrogens (primary N) is 1. The number of aliphatic hydroxyl groups excluding tert-OH is 1. The number of carbonyl (C=O) groups excluding carboxylic acids is 1. The number of nitrogen functional groups attached to an aromatic ring is 1. The summed E-state index contributed by atoms with van der Waals surface area (Å²) in [6.07, 6.45) is 3.79. The van der Waals surface area contributed by atoms with Gasteiger partial charge in [-0.3, -0.25) is 10.2 Å². The van der Waals surface area contributed by atoms with Crippen LogP contribution in [0.15, 0.2) is 18.5 Å². The second-order valence-corrected chi connectivity index (χ2v) is 10.8. The van der Waals surface area contributed by atoms with Gasteiger partial charge >= 0.3 is 6.09 Å². The van der Waals surface area contributed by atoms with Crippen molar-refractivity contribution in [1.29, 1.82) is 5.41 Å². The van der Waals surface area contributed by atoms with Gasteiger partial charge in [0.15, 0.2) is 6.35 Å². The fourth-order valence-electron chi connectivity index (χ4n) is 4.79. The molecule has 0 radical (unpaired) electrons. The summed E-state index contributed by atoms with van der Waals surface area (Å²) in [5.74, 6) is 1.24. The number of carbonyl (C=O) groups is 1. The molecule has 1 saturated heterocycles. The number of nitrogens with zero attached hydrogens (tertiary/aromatic N) is 4. The number of aliphatic hydroxyl groups is 1. The van der Waals surface area contributed by atoms with Crippen molar-refractivity contribution in [2.75, 3.05) is 45.3 Å². The lowest BCUT2D eigenvalue weighted by Gasteiger charge is -2.42. The van der Waals surface area contributed by atoms with Crippen LogP contribution in [0.1, 0.15) is 22.4 Å². The van der Waals surface area contributed by atoms with Gasteiger partial charge in [-0.1, -0.05) is 0 Å². The molecule has 0 bridgehead atoms. The molecule has 0 saturated carbocycles. The van der Waals surface area contributed by atoms with Gasteiger partial charge in [0.2, 0.25) is 0 Å². The van der Waals surface area contributed by atoms with E-state index in [1.54, 1.807) is 44.7 Å². The number of fused-ring (bicyclic) bond motifs is 3. The average Bonchev–Trinajstić information content (AvgIpc) is 3.24. The minimum Gasteiger partial charge on any atom is -0.494 e. The Balaban J connectivity index is 1.28. The molecule has 3 aromatic rings. The molecule has 2 unspecified atom stereocenters. The van der Waals surface area contributed by atoms with E-state index in [0.717, 1.165) is 29.5 Å². The molecular weight excluding hydrogens is 508 g/mol. The molecule has 1 aliphatic carbocycles. The molecule has 0 spiro atoms. The zero-order chi connectivity index (χ0) is 27.0. The van der Waals surface area contributed by atoms with Gasteiger partial charge in [0.25, 0.3) is 0 Å². The lowest BCUT2D eigenvalue weighted by Crippen LogP contribution is -2.62. The highest BCUT2D eigenvalue weighted by Crippen LogP contribution is 2.40. The minimum absolute atomic E-state index is 0.102. The third kappa shape index (κ3) is 5.10. The summed E-state index contributed by atoms with van der Waals surface area (Å²) in [7, 11) is 4.87. The molecule has 2 aliphatic rings. The van der Waals surface area contributed by atoms with Crippen molar-refractivity contribution in [3.63, 3.8) is 0 Å². The van der Waals surface area contributed by atoms with Crippen LogP contribution in [-0.2, 0) is 17.6 Å². The Bertz CT molecular complexity index is 1360. The van der Waals surface area contributed by atoms with E-state index in [2.05, 4.69) is 20.6 Å². The number of hydrogen-bond donors (Lipinski definition) is 5. The molecule has 1 aliphatic heterocycles. The van der Waals surface area contributed by atoms with Crippen LogP contribution in [0, 0.1) is 5.41 Å². The molecule has 6 N–H and O–H groups in total. The van der Waals surface area contributed by atoms with Crippen molar-refractivity contribution in [3.8, 4) is 5.75 Å². The fourth-order valence-corrected chi connectivity index (χ4v) is 6.05. The molecule has 5 rings (SSSR count). The standard InChI is InChI=1S/C25H32N8O4S/c1-32(2)25(35)37-15-10-33(11-15)24(34)30-14-4-5-16-20(7-14)38-23-21(16)22(28-12-29-23)31-18-6-13(9-26)17(27)8-19(18)36-3/h6,8-9,12,14-15,24,26,30,34H,4-5,7,10-11,27H2,1-3H3,(H,28,29,31). The number of aryl methyl sites for hydroxylation is 1. The maximum atomic E-state index is 11.7. The van der Waals surface area contributed by atoms with Crippen LogP contribution in [-0.4, -0.2) is 90.0 Å². The second-order valence-electron chi connectivity index (χ2n) is 9.69. The number of anilines is 3. The second kappa shape index (κ2) is 10.7. The average molecular weight is 541 g/mol. The number of amides is 1. The highest BCUT2D eigenvalue weighted by Gasteiger charge is 2.36. The third-order valence-electron chi connectivity index (χ3n) is 6.90. The largest absolute Gasteiger partial charge is 0.494 e. The number of benzene rings is 1. The maximum Gasteiger partial charge on any atom is 0.409 e. The maximum absolute atomic E-state index is 11.7. The molecule has 1 aromatic carbocycles. The smallest absolute Gasteiger partial charge is 0.409 e. The quantitative estimate of drug-likeness (QED) is 0.163. The summed E-state index contributed by atoms with van der Waals surface area (Å²) in [4.78, 5) is 26.1. The van der Waals surface area contributed by atoms with Gasteiger partial charge in [-0.2, -0.15) is 0 Å².